The van der Waals surface area contributed by atoms with Crippen LogP contribution in [0.3, 0.4) is 0 Å². The van der Waals surface area contributed by atoms with E-state index in [1.807, 2.05) is 6.92 Å². The lowest BCUT2D eigenvalue weighted by Crippen LogP contribution is -2.01. The molecule has 2 aromatic rings. The molecule has 2 nitrogen and oxygen atoms in total. The van der Waals surface area contributed by atoms with Gasteiger partial charge in [-0.1, -0.05) is 13.0 Å². The highest BCUT2D eigenvalue weighted by Crippen LogP contribution is 2.26. The van der Waals surface area contributed by atoms with E-state index in [0.717, 1.165) is 35.2 Å². The number of hydrogen-bond donors (Lipinski definition) is 0. The summed E-state index contributed by atoms with van der Waals surface area (Å²) in [7, 11) is 0. The van der Waals surface area contributed by atoms with Gasteiger partial charge in [-0.15, -0.1) is 0 Å². The van der Waals surface area contributed by atoms with Gasteiger partial charge in [-0.05, 0) is 62.9 Å². The van der Waals surface area contributed by atoms with E-state index in [4.69, 9.17) is 0 Å². The maximum atomic E-state index is 11.3. The van der Waals surface area contributed by atoms with Crippen LogP contribution in [-0.4, -0.2) is 10.9 Å². The maximum absolute atomic E-state index is 11.3. The zero-order valence-electron chi connectivity index (χ0n) is 12.4. The third-order valence-corrected chi connectivity index (χ3v) is 3.76. The second-order valence-corrected chi connectivity index (χ2v) is 5.22. The van der Waals surface area contributed by atoms with Gasteiger partial charge in [-0.25, -0.2) is 0 Å². The second-order valence-electron chi connectivity index (χ2n) is 5.22. The van der Waals surface area contributed by atoms with Gasteiger partial charge >= 0.3 is 0 Å². The van der Waals surface area contributed by atoms with Gasteiger partial charge in [-0.3, -0.25) is 4.79 Å². The van der Waals surface area contributed by atoms with Crippen molar-refractivity contribution in [3.05, 3.63) is 51.8 Å². The quantitative estimate of drug-likeness (QED) is 0.757. The smallest absolute Gasteiger partial charge is 0.152 e. The highest BCUT2D eigenvalue weighted by Gasteiger charge is 2.16. The molecule has 0 spiro atoms. The van der Waals surface area contributed by atoms with Crippen molar-refractivity contribution >= 4 is 6.29 Å². The lowest BCUT2D eigenvalue weighted by molar-refractivity contribution is 0.112. The van der Waals surface area contributed by atoms with Crippen LogP contribution in [0.25, 0.3) is 5.69 Å². The highest BCUT2D eigenvalue weighted by atomic mass is 16.1. The molecule has 1 aromatic heterocycles. The fraction of sp³-hybridized carbons (Fsp3) is 0.353. The molecule has 0 N–H and O–H groups in total. The van der Waals surface area contributed by atoms with Crippen LogP contribution in [0.15, 0.2) is 18.2 Å². The Hall–Kier alpha value is -1.83. The van der Waals surface area contributed by atoms with Crippen LogP contribution in [0.4, 0.5) is 0 Å². The Bertz CT molecular complexity index is 615. The van der Waals surface area contributed by atoms with E-state index in [1.165, 1.54) is 16.8 Å². The van der Waals surface area contributed by atoms with Crippen molar-refractivity contribution in [2.24, 2.45) is 0 Å². The first-order valence-corrected chi connectivity index (χ1v) is 6.74. The molecule has 19 heavy (non-hydrogen) atoms. The molecule has 0 aliphatic heterocycles. The number of rotatable bonds is 3. The number of carbonyl (C=O) groups excluding carboxylic acids is 1. The van der Waals surface area contributed by atoms with Crippen LogP contribution in [0.1, 0.15) is 45.4 Å². The van der Waals surface area contributed by atoms with Crippen molar-refractivity contribution in [3.8, 4) is 5.69 Å². The van der Waals surface area contributed by atoms with Gasteiger partial charge in [-0.2, -0.15) is 0 Å². The number of nitrogens with zero attached hydrogens (tertiary/aromatic N) is 1. The zero-order valence-corrected chi connectivity index (χ0v) is 12.4. The molecule has 2 heteroatoms. The molecule has 0 bridgehead atoms. The Morgan fingerprint density at radius 1 is 1.00 bits per heavy atom. The van der Waals surface area contributed by atoms with Crippen LogP contribution < -0.4 is 0 Å². The molecular formula is C17H21NO. The minimum absolute atomic E-state index is 0.846. The summed E-state index contributed by atoms with van der Waals surface area (Å²) in [4.78, 5) is 11.3. The molecular weight excluding hydrogens is 234 g/mol. The fourth-order valence-electron chi connectivity index (χ4n) is 2.99. The zero-order chi connectivity index (χ0) is 14.2. The molecule has 2 rings (SSSR count). The first-order valence-electron chi connectivity index (χ1n) is 6.74. The second kappa shape index (κ2) is 5.04. The monoisotopic (exact) mass is 255 g/mol. The van der Waals surface area contributed by atoms with Crippen molar-refractivity contribution < 1.29 is 4.79 Å². The third kappa shape index (κ3) is 2.23. The highest BCUT2D eigenvalue weighted by molar-refractivity contribution is 5.80. The molecule has 0 radical (unpaired) electrons. The summed E-state index contributed by atoms with van der Waals surface area (Å²) in [5, 5.41) is 0. The topological polar surface area (TPSA) is 22.0 Å². The van der Waals surface area contributed by atoms with Gasteiger partial charge in [0.1, 0.15) is 0 Å². The Balaban J connectivity index is 2.75. The van der Waals surface area contributed by atoms with E-state index in [0.29, 0.717) is 0 Å². The molecule has 0 aliphatic carbocycles. The summed E-state index contributed by atoms with van der Waals surface area (Å²) in [6, 6.07) is 6.50. The lowest BCUT2D eigenvalue weighted by atomic mass is 10.1. The Morgan fingerprint density at radius 3 is 2.00 bits per heavy atom. The lowest BCUT2D eigenvalue weighted by Gasteiger charge is -2.12. The summed E-state index contributed by atoms with van der Waals surface area (Å²) in [6.07, 6.45) is 1.87. The predicted octanol–water partition coefficient (Wildman–Crippen LogP) is 4.09. The van der Waals surface area contributed by atoms with Crippen LogP contribution in [-0.2, 0) is 6.42 Å². The van der Waals surface area contributed by atoms with Gasteiger partial charge in [0.05, 0.1) is 0 Å². The normalized spacial score (nSPS) is 10.8. The summed E-state index contributed by atoms with van der Waals surface area (Å²) >= 11 is 0. The van der Waals surface area contributed by atoms with E-state index in [2.05, 4.69) is 50.5 Å². The number of benzene rings is 1. The molecule has 100 valence electrons. The van der Waals surface area contributed by atoms with Crippen molar-refractivity contribution in [1.82, 2.24) is 4.57 Å². The first-order chi connectivity index (χ1) is 8.99. The maximum Gasteiger partial charge on any atom is 0.152 e. The van der Waals surface area contributed by atoms with E-state index in [9.17, 15) is 4.79 Å². The molecule has 0 atom stereocenters. The van der Waals surface area contributed by atoms with Crippen LogP contribution in [0, 0.1) is 27.7 Å². The van der Waals surface area contributed by atoms with Crippen molar-refractivity contribution in [2.45, 2.75) is 41.0 Å². The van der Waals surface area contributed by atoms with Crippen LogP contribution in [0.5, 0.6) is 0 Å². The van der Waals surface area contributed by atoms with Gasteiger partial charge in [0.15, 0.2) is 6.29 Å². The summed E-state index contributed by atoms with van der Waals surface area (Å²) in [5.74, 6) is 0. The minimum Gasteiger partial charge on any atom is -0.317 e. The van der Waals surface area contributed by atoms with E-state index >= 15 is 0 Å². The number of hydrogen-bond acceptors (Lipinski definition) is 1. The van der Waals surface area contributed by atoms with Gasteiger partial charge in [0, 0.05) is 22.6 Å². The Morgan fingerprint density at radius 2 is 1.58 bits per heavy atom. The van der Waals surface area contributed by atoms with Crippen molar-refractivity contribution in [2.75, 3.05) is 0 Å². The molecule has 0 fully saturated rings. The first kappa shape index (κ1) is 13.6. The minimum atomic E-state index is 0.846. The summed E-state index contributed by atoms with van der Waals surface area (Å²) in [6.45, 7) is 10.4. The SMILES string of the molecule is CCc1c(C=O)c(C)n(-c2cc(C)cc(C)c2)c1C. The molecule has 0 saturated carbocycles. The fourth-order valence-corrected chi connectivity index (χ4v) is 2.99. The number of aromatic nitrogens is 1. The van der Waals surface area contributed by atoms with Gasteiger partial charge in [0.2, 0.25) is 0 Å². The summed E-state index contributed by atoms with van der Waals surface area (Å²) < 4.78 is 2.20. The summed E-state index contributed by atoms with van der Waals surface area (Å²) in [5.41, 5.74) is 7.85. The average Bonchev–Trinajstić information content (AvgIpc) is 2.58. The molecule has 1 aromatic carbocycles. The molecule has 0 saturated heterocycles. The van der Waals surface area contributed by atoms with E-state index < -0.39 is 0 Å². The average molecular weight is 255 g/mol. The number of aldehydes is 1. The number of aryl methyl sites for hydroxylation is 2. The van der Waals surface area contributed by atoms with Crippen LogP contribution >= 0.6 is 0 Å². The molecule has 1 heterocycles. The Kier molecular flexibility index (Phi) is 3.61. The standard InChI is InChI=1S/C17H21NO/c1-6-16-13(4)18(14(5)17(16)10-19)15-8-11(2)7-12(3)9-15/h7-10H,6H2,1-5H3. The largest absolute Gasteiger partial charge is 0.317 e. The molecule has 0 aliphatic rings. The molecule has 0 amide bonds. The van der Waals surface area contributed by atoms with E-state index in [1.54, 1.807) is 0 Å². The van der Waals surface area contributed by atoms with Crippen molar-refractivity contribution in [1.29, 1.82) is 0 Å². The number of carbonyl (C=O) groups is 1. The molecule has 0 unspecified atom stereocenters. The van der Waals surface area contributed by atoms with E-state index in [-0.39, 0.29) is 0 Å². The van der Waals surface area contributed by atoms with Gasteiger partial charge < -0.3 is 4.57 Å². The van der Waals surface area contributed by atoms with Crippen molar-refractivity contribution in [3.63, 3.8) is 0 Å². The van der Waals surface area contributed by atoms with Gasteiger partial charge in [0.25, 0.3) is 0 Å². The Labute approximate surface area is 115 Å². The predicted molar refractivity (Wildman–Crippen MR) is 79.5 cm³/mol. The van der Waals surface area contributed by atoms with Crippen LogP contribution in [0.2, 0.25) is 0 Å². The third-order valence-electron chi connectivity index (χ3n) is 3.76.